The molecule has 90 valence electrons. The molecule has 0 fully saturated rings. The lowest BCUT2D eigenvalue weighted by atomic mass is 10.0. The van der Waals surface area contributed by atoms with Crippen LogP contribution in [0.1, 0.15) is 37.4 Å². The maximum Gasteiger partial charge on any atom is 0.325 e. The Balaban J connectivity index is 2.75. The van der Waals surface area contributed by atoms with Crippen molar-refractivity contribution in [2.24, 2.45) is 0 Å². The van der Waals surface area contributed by atoms with Crippen LogP contribution in [0.25, 0.3) is 0 Å². The third-order valence-corrected chi connectivity index (χ3v) is 3.56. The number of methoxy groups -OCH3 is 1. The van der Waals surface area contributed by atoms with E-state index in [-0.39, 0.29) is 12.0 Å². The molecule has 0 spiro atoms. The highest BCUT2D eigenvalue weighted by Gasteiger charge is 2.30. The molecule has 1 rings (SSSR count). The fourth-order valence-corrected chi connectivity index (χ4v) is 2.46. The summed E-state index contributed by atoms with van der Waals surface area (Å²) in [6.07, 6.45) is 0. The number of aromatic nitrogens is 1. The molecule has 1 atom stereocenters. The van der Waals surface area contributed by atoms with Crippen molar-refractivity contribution in [3.8, 4) is 0 Å². The lowest BCUT2D eigenvalue weighted by Crippen LogP contribution is -2.48. The third-order valence-electron chi connectivity index (χ3n) is 2.45. The molecule has 1 N–H and O–H groups in total. The van der Waals surface area contributed by atoms with E-state index in [0.717, 1.165) is 10.6 Å². The Morgan fingerprint density at radius 1 is 1.62 bits per heavy atom. The molecule has 0 saturated carbocycles. The lowest BCUT2D eigenvalue weighted by Gasteiger charge is -2.27. The fraction of sp³-hybridized carbons (Fsp3) is 0.636. The summed E-state index contributed by atoms with van der Waals surface area (Å²) in [5, 5.41) is 3.25. The number of rotatable bonds is 4. The molecule has 4 nitrogen and oxygen atoms in total. The van der Waals surface area contributed by atoms with Crippen molar-refractivity contribution in [3.63, 3.8) is 0 Å². The molecule has 16 heavy (non-hydrogen) atoms. The van der Waals surface area contributed by atoms with E-state index >= 15 is 0 Å². The summed E-state index contributed by atoms with van der Waals surface area (Å²) in [6, 6.07) is 0.0848. The molecule has 0 aromatic carbocycles. The van der Waals surface area contributed by atoms with E-state index in [9.17, 15) is 4.79 Å². The van der Waals surface area contributed by atoms with E-state index < -0.39 is 5.54 Å². The Kier molecular flexibility index (Phi) is 4.04. The molecule has 0 radical (unpaired) electrons. The predicted octanol–water partition coefficient (Wildman–Crippen LogP) is 2.05. The van der Waals surface area contributed by atoms with Crippen molar-refractivity contribution in [2.45, 2.75) is 39.3 Å². The molecule has 0 amide bonds. The molecule has 0 aliphatic rings. The maximum absolute atomic E-state index is 11.5. The second-order valence-corrected chi connectivity index (χ2v) is 5.17. The number of carbonyl (C=O) groups excluding carboxylic acids is 1. The Morgan fingerprint density at radius 3 is 2.69 bits per heavy atom. The zero-order chi connectivity index (χ0) is 12.3. The van der Waals surface area contributed by atoms with Crippen LogP contribution in [0.3, 0.4) is 0 Å². The van der Waals surface area contributed by atoms with E-state index in [1.165, 1.54) is 7.11 Å². The van der Waals surface area contributed by atoms with Crippen molar-refractivity contribution in [2.75, 3.05) is 7.11 Å². The number of carbonyl (C=O) groups is 1. The van der Waals surface area contributed by atoms with E-state index in [1.54, 1.807) is 11.3 Å². The van der Waals surface area contributed by atoms with Gasteiger partial charge in [-0.1, -0.05) is 0 Å². The van der Waals surface area contributed by atoms with Gasteiger partial charge in [0.1, 0.15) is 5.54 Å². The first-order valence-corrected chi connectivity index (χ1v) is 6.02. The Hall–Kier alpha value is -0.940. The molecule has 1 aromatic rings. The van der Waals surface area contributed by atoms with Gasteiger partial charge in [0.15, 0.2) is 0 Å². The predicted molar refractivity (Wildman–Crippen MR) is 64.5 cm³/mol. The highest BCUT2D eigenvalue weighted by molar-refractivity contribution is 7.09. The van der Waals surface area contributed by atoms with Gasteiger partial charge in [0.25, 0.3) is 0 Å². The second kappa shape index (κ2) is 4.93. The first-order valence-electron chi connectivity index (χ1n) is 5.14. The molecule has 1 aromatic heterocycles. The van der Waals surface area contributed by atoms with Crippen LogP contribution in [-0.4, -0.2) is 23.6 Å². The lowest BCUT2D eigenvalue weighted by molar-refractivity contribution is -0.147. The molecule has 0 aliphatic heterocycles. The van der Waals surface area contributed by atoms with Gasteiger partial charge in [0.2, 0.25) is 0 Å². The number of thiazole rings is 1. The number of esters is 1. The average molecular weight is 242 g/mol. The number of aryl methyl sites for hydroxylation is 1. The summed E-state index contributed by atoms with van der Waals surface area (Å²) < 4.78 is 4.75. The van der Waals surface area contributed by atoms with Gasteiger partial charge in [-0.3, -0.25) is 10.1 Å². The van der Waals surface area contributed by atoms with Crippen molar-refractivity contribution >= 4 is 17.3 Å². The first-order chi connectivity index (χ1) is 7.38. The van der Waals surface area contributed by atoms with Crippen LogP contribution in [0.4, 0.5) is 0 Å². The van der Waals surface area contributed by atoms with Gasteiger partial charge in [-0.05, 0) is 27.7 Å². The number of nitrogens with one attached hydrogen (secondary N) is 1. The van der Waals surface area contributed by atoms with Crippen LogP contribution >= 0.6 is 11.3 Å². The average Bonchev–Trinajstić information content (AvgIpc) is 2.62. The van der Waals surface area contributed by atoms with Crippen LogP contribution in [0.15, 0.2) is 5.51 Å². The largest absolute Gasteiger partial charge is 0.468 e. The van der Waals surface area contributed by atoms with Gasteiger partial charge in [0.05, 0.1) is 18.3 Å². The highest BCUT2D eigenvalue weighted by Crippen LogP contribution is 2.23. The quantitative estimate of drug-likeness (QED) is 0.821. The van der Waals surface area contributed by atoms with Crippen LogP contribution < -0.4 is 5.32 Å². The van der Waals surface area contributed by atoms with E-state index in [0.29, 0.717) is 0 Å². The van der Waals surface area contributed by atoms with Crippen LogP contribution in [0.5, 0.6) is 0 Å². The summed E-state index contributed by atoms with van der Waals surface area (Å²) in [7, 11) is 1.40. The van der Waals surface area contributed by atoms with Crippen molar-refractivity contribution in [3.05, 3.63) is 16.1 Å². The summed E-state index contributed by atoms with van der Waals surface area (Å²) in [6.45, 7) is 7.61. The topological polar surface area (TPSA) is 51.2 Å². The van der Waals surface area contributed by atoms with Crippen LogP contribution in [0, 0.1) is 6.92 Å². The summed E-state index contributed by atoms with van der Waals surface area (Å²) in [5.74, 6) is -0.262. The molecule has 5 heteroatoms. The molecule has 0 saturated heterocycles. The molecule has 0 bridgehead atoms. The van der Waals surface area contributed by atoms with Gasteiger partial charge in [-0.2, -0.15) is 0 Å². The molecule has 0 aliphatic carbocycles. The summed E-state index contributed by atoms with van der Waals surface area (Å²) in [5.41, 5.74) is 2.13. The minimum atomic E-state index is -0.690. The van der Waals surface area contributed by atoms with Crippen LogP contribution in [0.2, 0.25) is 0 Å². The zero-order valence-corrected chi connectivity index (χ0v) is 11.1. The van der Waals surface area contributed by atoms with Gasteiger partial charge < -0.3 is 4.74 Å². The van der Waals surface area contributed by atoms with Crippen molar-refractivity contribution < 1.29 is 9.53 Å². The number of hydrogen-bond donors (Lipinski definition) is 1. The van der Waals surface area contributed by atoms with Crippen molar-refractivity contribution in [1.82, 2.24) is 10.3 Å². The van der Waals surface area contributed by atoms with Gasteiger partial charge >= 0.3 is 5.97 Å². The Labute approximate surface area is 100 Å². The summed E-state index contributed by atoms with van der Waals surface area (Å²) >= 11 is 1.59. The maximum atomic E-state index is 11.5. The molecule has 1 heterocycles. The number of hydrogen-bond acceptors (Lipinski definition) is 5. The van der Waals surface area contributed by atoms with E-state index in [1.807, 2.05) is 33.2 Å². The van der Waals surface area contributed by atoms with E-state index in [2.05, 4.69) is 10.3 Å². The smallest absolute Gasteiger partial charge is 0.325 e. The van der Waals surface area contributed by atoms with E-state index in [4.69, 9.17) is 4.74 Å². The second-order valence-electron chi connectivity index (χ2n) is 4.28. The zero-order valence-electron chi connectivity index (χ0n) is 10.3. The fourth-order valence-electron chi connectivity index (χ4n) is 1.65. The van der Waals surface area contributed by atoms with Gasteiger partial charge in [-0.15, -0.1) is 11.3 Å². The monoisotopic (exact) mass is 242 g/mol. The highest BCUT2D eigenvalue weighted by atomic mass is 32.1. The Bertz CT molecular complexity index is 374. The minimum Gasteiger partial charge on any atom is -0.468 e. The SMILES string of the molecule is COC(=O)C(C)(C)NC(C)c1scnc1C. The molecule has 1 unspecified atom stereocenters. The summed E-state index contributed by atoms with van der Waals surface area (Å²) in [4.78, 5) is 16.9. The van der Waals surface area contributed by atoms with Crippen molar-refractivity contribution in [1.29, 1.82) is 0 Å². The number of ether oxygens (including phenoxy) is 1. The first kappa shape index (κ1) is 13.1. The standard InChI is InChI=1S/C11H18N2O2S/c1-7-9(16-6-12-7)8(2)13-11(3,4)10(14)15-5/h6,8,13H,1-5H3. The third kappa shape index (κ3) is 2.80. The van der Waals surface area contributed by atoms with Gasteiger partial charge in [0, 0.05) is 10.9 Å². The van der Waals surface area contributed by atoms with Gasteiger partial charge in [-0.25, -0.2) is 4.98 Å². The normalized spacial score (nSPS) is 13.6. The molecular formula is C11H18N2O2S. The Morgan fingerprint density at radius 2 is 2.25 bits per heavy atom. The molecular weight excluding hydrogens is 224 g/mol. The minimum absolute atomic E-state index is 0.0848. The van der Waals surface area contributed by atoms with Crippen LogP contribution in [-0.2, 0) is 9.53 Å². The number of nitrogens with zero attached hydrogens (tertiary/aromatic N) is 1.